The number of anilines is 1. The van der Waals surface area contributed by atoms with Crippen LogP contribution < -0.4 is 4.72 Å². The van der Waals surface area contributed by atoms with E-state index in [0.717, 1.165) is 0 Å². The van der Waals surface area contributed by atoms with E-state index >= 15 is 0 Å². The molecule has 4 nitrogen and oxygen atoms in total. The van der Waals surface area contributed by atoms with Crippen LogP contribution in [0, 0.1) is 0 Å². The fraction of sp³-hybridized carbons (Fsp3) is 0. The van der Waals surface area contributed by atoms with E-state index in [1.54, 1.807) is 18.2 Å². The summed E-state index contributed by atoms with van der Waals surface area (Å²) in [6.07, 6.45) is 1.50. The predicted octanol–water partition coefficient (Wildman–Crippen LogP) is 0.628. The van der Waals surface area contributed by atoms with Crippen molar-refractivity contribution in [3.8, 4) is 0 Å². The average Bonchev–Trinajstić information content (AvgIpc) is 1.85. The van der Waals surface area contributed by atoms with Crippen LogP contribution in [0.2, 0.25) is 0 Å². The van der Waals surface area contributed by atoms with Gasteiger partial charge in [0.05, 0.1) is 0 Å². The number of nitrogens with zero attached hydrogens (tertiary/aromatic N) is 1. The number of nitrogens with one attached hydrogen (secondary N) is 1. The summed E-state index contributed by atoms with van der Waals surface area (Å²) >= 11 is 4.20. The van der Waals surface area contributed by atoms with Gasteiger partial charge < -0.3 is 0 Å². The third kappa shape index (κ3) is 3.26. The highest BCUT2D eigenvalue weighted by molar-refractivity contribution is 8.30. The van der Waals surface area contributed by atoms with Crippen LogP contribution in [-0.4, -0.2) is 13.7 Å². The van der Waals surface area contributed by atoms with Gasteiger partial charge in [0.2, 0.25) is 8.96 Å². The number of hydrogen-bond donors (Lipinski definition) is 2. The minimum Gasteiger partial charge on any atom is -0.290 e. The summed E-state index contributed by atoms with van der Waals surface area (Å²) in [6, 6.07) is 4.95. The third-order valence-corrected chi connectivity index (χ3v) is 1.62. The third-order valence-electron chi connectivity index (χ3n) is 0.898. The fourth-order valence-corrected chi connectivity index (χ4v) is 1.20. The molecule has 1 aromatic rings. The van der Waals surface area contributed by atoms with Crippen LogP contribution in [0.4, 0.5) is 5.82 Å². The maximum atomic E-state index is 10.6. The molecule has 6 heteroatoms. The second-order valence-electron chi connectivity index (χ2n) is 1.79. The first kappa shape index (κ1) is 8.38. The van der Waals surface area contributed by atoms with E-state index in [2.05, 4.69) is 20.9 Å². The van der Waals surface area contributed by atoms with E-state index in [4.69, 9.17) is 4.55 Å². The molecule has 0 aliphatic heterocycles. The summed E-state index contributed by atoms with van der Waals surface area (Å²) in [5.74, 6) is 0.301. The number of rotatable bonds is 2. The normalized spacial score (nSPS) is 15.4. The summed E-state index contributed by atoms with van der Waals surface area (Å²) in [6.45, 7) is 0. The monoisotopic (exact) mass is 190 g/mol. The lowest BCUT2D eigenvalue weighted by Crippen LogP contribution is -2.09. The number of hydrogen-bond acceptors (Lipinski definition) is 3. The van der Waals surface area contributed by atoms with E-state index in [0.29, 0.717) is 5.82 Å². The molecule has 0 saturated heterocycles. The Bertz CT molecular complexity index is 322. The number of pyridine rings is 1. The minimum atomic E-state index is -3.36. The summed E-state index contributed by atoms with van der Waals surface area (Å²) in [5, 5.41) is 0. The van der Waals surface area contributed by atoms with Gasteiger partial charge in [-0.1, -0.05) is 6.07 Å². The second kappa shape index (κ2) is 3.12. The Kier molecular flexibility index (Phi) is 2.38. The highest BCUT2D eigenvalue weighted by Gasteiger charge is 1.98. The zero-order chi connectivity index (χ0) is 8.32. The molecular weight excluding hydrogens is 184 g/mol. The quantitative estimate of drug-likeness (QED) is 0.718. The molecule has 0 bridgehead atoms. The Balaban J connectivity index is 2.82. The maximum absolute atomic E-state index is 10.6. The van der Waals surface area contributed by atoms with E-state index in [9.17, 15) is 4.21 Å². The van der Waals surface area contributed by atoms with Crippen molar-refractivity contribution < 1.29 is 8.76 Å². The Morgan fingerprint density at radius 3 is 2.82 bits per heavy atom. The van der Waals surface area contributed by atoms with Gasteiger partial charge in [-0.3, -0.25) is 9.27 Å². The smallest absolute Gasteiger partial charge is 0.231 e. The Labute approximate surface area is 69.3 Å². The maximum Gasteiger partial charge on any atom is 0.231 e. The molecule has 0 saturated carbocycles. The topological polar surface area (TPSA) is 62.2 Å². The fourth-order valence-electron chi connectivity index (χ4n) is 0.555. The SMILES string of the molecule is O=S(O)(=S)Nc1ccccn1. The minimum absolute atomic E-state index is 0.301. The van der Waals surface area contributed by atoms with Gasteiger partial charge in [-0.15, -0.1) is 0 Å². The lowest BCUT2D eigenvalue weighted by molar-refractivity contribution is 0.567. The molecule has 1 atom stereocenters. The van der Waals surface area contributed by atoms with Crippen molar-refractivity contribution in [3.05, 3.63) is 24.4 Å². The highest BCUT2D eigenvalue weighted by Crippen LogP contribution is 2.01. The Hall–Kier alpha value is -0.720. The van der Waals surface area contributed by atoms with Crippen LogP contribution in [-0.2, 0) is 20.1 Å². The first-order chi connectivity index (χ1) is 5.08. The van der Waals surface area contributed by atoms with E-state index < -0.39 is 8.96 Å². The van der Waals surface area contributed by atoms with Crippen molar-refractivity contribution in [3.63, 3.8) is 0 Å². The van der Waals surface area contributed by atoms with Gasteiger partial charge in [0.25, 0.3) is 0 Å². The number of aromatic nitrogens is 1. The van der Waals surface area contributed by atoms with Crippen molar-refractivity contribution in [2.75, 3.05) is 4.72 Å². The molecule has 0 fully saturated rings. The molecule has 0 aliphatic rings. The second-order valence-corrected chi connectivity index (χ2v) is 4.30. The van der Waals surface area contributed by atoms with Gasteiger partial charge in [0.1, 0.15) is 5.82 Å². The van der Waals surface area contributed by atoms with Crippen LogP contribution in [0.1, 0.15) is 0 Å². The van der Waals surface area contributed by atoms with Gasteiger partial charge in [-0.05, 0) is 12.1 Å². The largest absolute Gasteiger partial charge is 0.290 e. The average molecular weight is 190 g/mol. The van der Waals surface area contributed by atoms with Gasteiger partial charge >= 0.3 is 0 Å². The molecule has 0 amide bonds. The Morgan fingerprint density at radius 2 is 2.36 bits per heavy atom. The summed E-state index contributed by atoms with van der Waals surface area (Å²) in [4.78, 5) is 3.75. The van der Waals surface area contributed by atoms with E-state index in [1.165, 1.54) is 6.20 Å². The molecule has 2 N–H and O–H groups in total. The molecule has 0 spiro atoms. The molecule has 1 rings (SSSR count). The standard InChI is InChI=1S/C5H6N2O2S2/c8-11(9,10)7-5-3-1-2-4-6-5/h1-4H,(H,6,7)(H,8,9,10). The molecular formula is C5H6N2O2S2. The van der Waals surface area contributed by atoms with Crippen LogP contribution in [0.25, 0.3) is 0 Å². The zero-order valence-corrected chi connectivity index (χ0v) is 7.06. The summed E-state index contributed by atoms with van der Waals surface area (Å²) in [5.41, 5.74) is 0. The molecule has 0 aromatic carbocycles. The van der Waals surface area contributed by atoms with Crippen LogP contribution >= 0.6 is 0 Å². The van der Waals surface area contributed by atoms with Gasteiger partial charge in [0, 0.05) is 17.4 Å². The van der Waals surface area contributed by atoms with E-state index in [1.807, 2.05) is 0 Å². The van der Waals surface area contributed by atoms with Gasteiger partial charge in [0.15, 0.2) is 0 Å². The van der Waals surface area contributed by atoms with Gasteiger partial charge in [-0.25, -0.2) is 9.19 Å². The molecule has 1 aromatic heterocycles. The van der Waals surface area contributed by atoms with Crippen LogP contribution in [0.5, 0.6) is 0 Å². The summed E-state index contributed by atoms with van der Waals surface area (Å²) < 4.78 is 21.4. The summed E-state index contributed by atoms with van der Waals surface area (Å²) in [7, 11) is -3.36. The molecule has 0 radical (unpaired) electrons. The molecule has 0 aliphatic carbocycles. The molecule has 1 heterocycles. The molecule has 1 unspecified atom stereocenters. The Morgan fingerprint density at radius 1 is 1.64 bits per heavy atom. The van der Waals surface area contributed by atoms with Crippen molar-refractivity contribution in [1.82, 2.24) is 4.98 Å². The van der Waals surface area contributed by atoms with Gasteiger partial charge in [-0.2, -0.15) is 0 Å². The first-order valence-corrected chi connectivity index (χ1v) is 5.18. The lowest BCUT2D eigenvalue weighted by Gasteiger charge is -2.01. The lowest BCUT2D eigenvalue weighted by atomic mass is 10.5. The van der Waals surface area contributed by atoms with Crippen molar-refractivity contribution >= 4 is 26.0 Å². The van der Waals surface area contributed by atoms with Crippen LogP contribution in [0.3, 0.4) is 0 Å². The first-order valence-electron chi connectivity index (χ1n) is 2.74. The highest BCUT2D eigenvalue weighted by atomic mass is 32.8. The predicted molar refractivity (Wildman–Crippen MR) is 46.0 cm³/mol. The molecule has 60 valence electrons. The van der Waals surface area contributed by atoms with Crippen molar-refractivity contribution in [2.24, 2.45) is 0 Å². The van der Waals surface area contributed by atoms with Crippen LogP contribution in [0.15, 0.2) is 24.4 Å². The molecule has 11 heavy (non-hydrogen) atoms. The van der Waals surface area contributed by atoms with E-state index in [-0.39, 0.29) is 0 Å². The van der Waals surface area contributed by atoms with Crippen molar-refractivity contribution in [2.45, 2.75) is 0 Å². The zero-order valence-electron chi connectivity index (χ0n) is 5.43. The van der Waals surface area contributed by atoms with Crippen molar-refractivity contribution in [1.29, 1.82) is 0 Å².